The van der Waals surface area contributed by atoms with Crippen LogP contribution in [0, 0.1) is 5.41 Å². The first-order valence-corrected chi connectivity index (χ1v) is 6.68. The van der Waals surface area contributed by atoms with Crippen LogP contribution in [0.3, 0.4) is 0 Å². The number of imide groups is 2. The van der Waals surface area contributed by atoms with E-state index in [0.29, 0.717) is 19.3 Å². The summed E-state index contributed by atoms with van der Waals surface area (Å²) in [4.78, 5) is 37.2. The Morgan fingerprint density at radius 2 is 2.10 bits per heavy atom. The first-order chi connectivity index (χ1) is 9.53. The van der Waals surface area contributed by atoms with Crippen LogP contribution in [0.15, 0.2) is 12.4 Å². The number of urea groups is 1. The molecule has 1 N–H and O–H groups in total. The Morgan fingerprint density at radius 3 is 2.65 bits per heavy atom. The van der Waals surface area contributed by atoms with E-state index >= 15 is 0 Å². The minimum atomic E-state index is -0.983. The molecule has 106 valence electrons. The van der Waals surface area contributed by atoms with E-state index in [4.69, 9.17) is 0 Å². The molecule has 1 saturated heterocycles. The first kappa shape index (κ1) is 12.8. The zero-order valence-electron chi connectivity index (χ0n) is 11.3. The molecule has 2 aliphatic rings. The zero-order valence-corrected chi connectivity index (χ0v) is 11.3. The highest BCUT2D eigenvalue weighted by atomic mass is 16.2. The molecular weight excluding hydrogens is 260 g/mol. The third kappa shape index (κ3) is 1.81. The summed E-state index contributed by atoms with van der Waals surface area (Å²) in [6, 6.07) is -0.610. The highest BCUT2D eigenvalue weighted by Gasteiger charge is 2.57. The van der Waals surface area contributed by atoms with Crippen molar-refractivity contribution in [2.24, 2.45) is 12.5 Å². The predicted octanol–water partition coefficient (Wildman–Crippen LogP) is 0.211. The molecule has 0 radical (unpaired) electrons. The Bertz CT molecular complexity index is 588. The minimum Gasteiger partial charge on any atom is -0.277 e. The smallest absolute Gasteiger partial charge is 0.277 e. The van der Waals surface area contributed by atoms with E-state index in [1.807, 2.05) is 13.2 Å². The van der Waals surface area contributed by atoms with E-state index in [9.17, 15) is 14.4 Å². The number of carbonyl (C=O) groups excluding carboxylic acids is 3. The second-order valence-electron chi connectivity index (χ2n) is 5.42. The van der Waals surface area contributed by atoms with Gasteiger partial charge in [0, 0.05) is 19.8 Å². The van der Waals surface area contributed by atoms with Crippen LogP contribution >= 0.6 is 0 Å². The normalized spacial score (nSPS) is 21.1. The maximum absolute atomic E-state index is 12.4. The van der Waals surface area contributed by atoms with E-state index in [-0.39, 0.29) is 12.5 Å². The summed E-state index contributed by atoms with van der Waals surface area (Å²) < 4.78 is 1.67. The molecule has 1 spiro atoms. The maximum atomic E-state index is 12.4. The molecular formula is C13H16N4O3. The standard InChI is InChI=1S/C13H16N4O3/c1-16-8-9(7-14-16)3-6-17-11(19)13(4-2-5-13)10(18)15-12(17)20/h7-8H,2-6H2,1H3,(H,15,18,20). The molecule has 2 heterocycles. The molecule has 1 aromatic heterocycles. The van der Waals surface area contributed by atoms with Gasteiger partial charge in [0.1, 0.15) is 5.41 Å². The average Bonchev–Trinajstić information content (AvgIpc) is 2.72. The molecule has 0 aromatic carbocycles. The van der Waals surface area contributed by atoms with Gasteiger partial charge in [-0.25, -0.2) is 4.79 Å². The van der Waals surface area contributed by atoms with Gasteiger partial charge in [0.25, 0.3) is 0 Å². The van der Waals surface area contributed by atoms with Crippen LogP contribution in [-0.4, -0.2) is 39.1 Å². The summed E-state index contributed by atoms with van der Waals surface area (Å²) in [6.07, 6.45) is 6.01. The monoisotopic (exact) mass is 276 g/mol. The number of aromatic nitrogens is 2. The number of aryl methyl sites for hydroxylation is 1. The Hall–Kier alpha value is -2.18. The predicted molar refractivity (Wildman–Crippen MR) is 68.4 cm³/mol. The molecule has 1 aliphatic carbocycles. The summed E-state index contributed by atoms with van der Waals surface area (Å²) in [5.74, 6) is -0.780. The van der Waals surface area contributed by atoms with Gasteiger partial charge in [-0.1, -0.05) is 6.42 Å². The fourth-order valence-electron chi connectivity index (χ4n) is 2.75. The summed E-state index contributed by atoms with van der Waals surface area (Å²) >= 11 is 0. The van der Waals surface area contributed by atoms with Gasteiger partial charge in [-0.15, -0.1) is 0 Å². The van der Waals surface area contributed by atoms with Gasteiger partial charge in [0.05, 0.1) is 6.20 Å². The SMILES string of the molecule is Cn1cc(CCN2C(=O)NC(=O)C3(CCC3)C2=O)cn1. The third-order valence-electron chi connectivity index (χ3n) is 4.14. The molecule has 0 bridgehead atoms. The number of hydrogen-bond acceptors (Lipinski definition) is 4. The lowest BCUT2D eigenvalue weighted by atomic mass is 9.66. The van der Waals surface area contributed by atoms with Crippen molar-refractivity contribution < 1.29 is 14.4 Å². The van der Waals surface area contributed by atoms with Gasteiger partial charge >= 0.3 is 6.03 Å². The van der Waals surface area contributed by atoms with Crippen molar-refractivity contribution in [2.75, 3.05) is 6.54 Å². The lowest BCUT2D eigenvalue weighted by molar-refractivity contribution is -0.157. The van der Waals surface area contributed by atoms with Crippen LogP contribution in [0.4, 0.5) is 4.79 Å². The van der Waals surface area contributed by atoms with Crippen molar-refractivity contribution in [1.29, 1.82) is 0 Å². The fourth-order valence-corrected chi connectivity index (χ4v) is 2.75. The number of carbonyl (C=O) groups is 3. The second kappa shape index (κ2) is 4.43. The maximum Gasteiger partial charge on any atom is 0.330 e. The molecule has 0 atom stereocenters. The van der Waals surface area contributed by atoms with Crippen LogP contribution in [0.5, 0.6) is 0 Å². The van der Waals surface area contributed by atoms with Crippen molar-refractivity contribution in [3.8, 4) is 0 Å². The number of nitrogens with zero attached hydrogens (tertiary/aromatic N) is 3. The van der Waals surface area contributed by atoms with Gasteiger partial charge in [0.15, 0.2) is 0 Å². The summed E-state index contributed by atoms with van der Waals surface area (Å²) in [5, 5.41) is 6.35. The topological polar surface area (TPSA) is 84.3 Å². The Balaban J connectivity index is 1.73. The van der Waals surface area contributed by atoms with Crippen LogP contribution < -0.4 is 5.32 Å². The molecule has 3 rings (SSSR count). The van der Waals surface area contributed by atoms with Crippen LogP contribution in [0.25, 0.3) is 0 Å². The molecule has 0 unspecified atom stereocenters. The molecule has 1 aromatic rings. The summed E-state index contributed by atoms with van der Waals surface area (Å²) in [5.41, 5.74) is -0.0317. The lowest BCUT2D eigenvalue weighted by Crippen LogP contribution is -2.66. The molecule has 7 nitrogen and oxygen atoms in total. The first-order valence-electron chi connectivity index (χ1n) is 6.68. The van der Waals surface area contributed by atoms with E-state index in [1.54, 1.807) is 10.9 Å². The minimum absolute atomic E-state index is 0.269. The van der Waals surface area contributed by atoms with Crippen LogP contribution in [0.1, 0.15) is 24.8 Å². The number of amides is 4. The van der Waals surface area contributed by atoms with E-state index in [0.717, 1.165) is 16.9 Å². The van der Waals surface area contributed by atoms with E-state index < -0.39 is 17.4 Å². The number of hydrogen-bond donors (Lipinski definition) is 1. The van der Waals surface area contributed by atoms with Gasteiger partial charge in [-0.2, -0.15) is 5.10 Å². The number of barbiturate groups is 1. The summed E-state index contributed by atoms with van der Waals surface area (Å²) in [6.45, 7) is 0.269. The largest absolute Gasteiger partial charge is 0.330 e. The molecule has 4 amide bonds. The zero-order chi connectivity index (χ0) is 14.3. The van der Waals surface area contributed by atoms with E-state index in [1.165, 1.54) is 0 Å². The second-order valence-corrected chi connectivity index (χ2v) is 5.42. The Kier molecular flexibility index (Phi) is 2.84. The molecule has 20 heavy (non-hydrogen) atoms. The fraction of sp³-hybridized carbons (Fsp3) is 0.538. The lowest BCUT2D eigenvalue weighted by Gasteiger charge is -2.44. The Morgan fingerprint density at radius 1 is 1.35 bits per heavy atom. The van der Waals surface area contributed by atoms with Gasteiger partial charge < -0.3 is 0 Å². The Labute approximate surface area is 115 Å². The molecule has 7 heteroatoms. The van der Waals surface area contributed by atoms with Gasteiger partial charge in [0.2, 0.25) is 11.8 Å². The summed E-state index contributed by atoms with van der Waals surface area (Å²) in [7, 11) is 1.81. The van der Waals surface area contributed by atoms with Crippen molar-refractivity contribution in [2.45, 2.75) is 25.7 Å². The molecule has 1 aliphatic heterocycles. The van der Waals surface area contributed by atoms with E-state index in [2.05, 4.69) is 10.4 Å². The van der Waals surface area contributed by atoms with Crippen molar-refractivity contribution in [3.63, 3.8) is 0 Å². The highest BCUT2D eigenvalue weighted by molar-refractivity contribution is 6.19. The third-order valence-corrected chi connectivity index (χ3v) is 4.14. The van der Waals surface area contributed by atoms with Gasteiger partial charge in [-0.3, -0.25) is 24.5 Å². The van der Waals surface area contributed by atoms with Crippen molar-refractivity contribution in [1.82, 2.24) is 20.0 Å². The van der Waals surface area contributed by atoms with Crippen LogP contribution in [0.2, 0.25) is 0 Å². The quantitative estimate of drug-likeness (QED) is 0.800. The van der Waals surface area contributed by atoms with Crippen LogP contribution in [-0.2, 0) is 23.1 Å². The number of nitrogens with one attached hydrogen (secondary N) is 1. The van der Waals surface area contributed by atoms with Gasteiger partial charge in [-0.05, 0) is 24.8 Å². The van der Waals surface area contributed by atoms with Crippen molar-refractivity contribution >= 4 is 17.8 Å². The highest BCUT2D eigenvalue weighted by Crippen LogP contribution is 2.44. The van der Waals surface area contributed by atoms with Crippen molar-refractivity contribution in [3.05, 3.63) is 18.0 Å². The number of rotatable bonds is 3. The average molecular weight is 276 g/mol. The molecule has 2 fully saturated rings. The molecule has 1 saturated carbocycles.